The van der Waals surface area contributed by atoms with Gasteiger partial charge in [0.25, 0.3) is 0 Å². The number of amides is 2. The van der Waals surface area contributed by atoms with Crippen LogP contribution in [0.4, 0.5) is 16.2 Å². The molecule has 0 unspecified atom stereocenters. The highest BCUT2D eigenvalue weighted by Crippen LogP contribution is 2.25. The lowest BCUT2D eigenvalue weighted by atomic mass is 10.3. The number of nitrogens with one attached hydrogen (secondary N) is 2. The van der Waals surface area contributed by atoms with Gasteiger partial charge >= 0.3 is 16.1 Å². The zero-order chi connectivity index (χ0) is 23.1. The van der Waals surface area contributed by atoms with Crippen LogP contribution in [0.25, 0.3) is 0 Å². The van der Waals surface area contributed by atoms with Crippen molar-refractivity contribution < 1.29 is 22.1 Å². The molecular weight excluding hydrogens is 440 g/mol. The Morgan fingerprint density at radius 2 is 1.15 bits per heavy atom. The zero-order valence-electron chi connectivity index (χ0n) is 17.3. The Bertz CT molecular complexity index is 1330. The maximum absolute atomic E-state index is 12.7. The molecule has 7 nitrogen and oxygen atoms in total. The first kappa shape index (κ1) is 21.9. The lowest BCUT2D eigenvalue weighted by Crippen LogP contribution is -2.19. The minimum absolute atomic E-state index is 0.0249. The van der Waals surface area contributed by atoms with Crippen LogP contribution in [-0.2, 0) is 10.1 Å². The number of rotatable bonds is 7. The van der Waals surface area contributed by atoms with E-state index in [2.05, 4.69) is 10.6 Å². The van der Waals surface area contributed by atoms with Crippen molar-refractivity contribution in [2.24, 2.45) is 0 Å². The summed E-state index contributed by atoms with van der Waals surface area (Å²) in [6.45, 7) is 0. The van der Waals surface area contributed by atoms with Gasteiger partial charge in [-0.15, -0.1) is 0 Å². The van der Waals surface area contributed by atoms with Crippen molar-refractivity contribution in [1.29, 1.82) is 0 Å². The number of benzene rings is 4. The summed E-state index contributed by atoms with van der Waals surface area (Å²) < 4.78 is 36.3. The van der Waals surface area contributed by atoms with Gasteiger partial charge in [-0.3, -0.25) is 0 Å². The summed E-state index contributed by atoms with van der Waals surface area (Å²) in [4.78, 5) is 12.1. The number of para-hydroxylation sites is 2. The maximum atomic E-state index is 12.7. The van der Waals surface area contributed by atoms with Crippen molar-refractivity contribution in [2.75, 3.05) is 10.6 Å². The van der Waals surface area contributed by atoms with Gasteiger partial charge in [0.2, 0.25) is 0 Å². The molecule has 2 N–H and O–H groups in total. The van der Waals surface area contributed by atoms with Gasteiger partial charge in [0.15, 0.2) is 0 Å². The van der Waals surface area contributed by atoms with Crippen molar-refractivity contribution in [1.82, 2.24) is 0 Å². The number of hydrogen-bond donors (Lipinski definition) is 2. The average Bonchev–Trinajstić information content (AvgIpc) is 2.81. The Morgan fingerprint density at radius 1 is 0.606 bits per heavy atom. The summed E-state index contributed by atoms with van der Waals surface area (Å²) in [5.41, 5.74) is 1.01. The molecule has 0 radical (unpaired) electrons. The van der Waals surface area contributed by atoms with Crippen LogP contribution in [0.1, 0.15) is 0 Å². The first-order valence-corrected chi connectivity index (χ1v) is 11.4. The molecule has 0 saturated carbocycles. The molecule has 0 bridgehead atoms. The molecule has 8 heteroatoms. The van der Waals surface area contributed by atoms with Crippen LogP contribution in [0.2, 0.25) is 0 Å². The Kier molecular flexibility index (Phi) is 6.56. The van der Waals surface area contributed by atoms with Crippen molar-refractivity contribution >= 4 is 27.5 Å². The highest BCUT2D eigenvalue weighted by atomic mass is 32.2. The molecule has 4 aromatic carbocycles. The normalized spacial score (nSPS) is 10.8. The minimum Gasteiger partial charge on any atom is -0.457 e. The second kappa shape index (κ2) is 9.88. The third-order valence-electron chi connectivity index (χ3n) is 4.42. The van der Waals surface area contributed by atoms with Gasteiger partial charge < -0.3 is 19.6 Å². The number of urea groups is 1. The van der Waals surface area contributed by atoms with Gasteiger partial charge in [-0.05, 0) is 60.7 Å². The maximum Gasteiger partial charge on any atom is 0.339 e. The van der Waals surface area contributed by atoms with E-state index in [-0.39, 0.29) is 10.6 Å². The quantitative estimate of drug-likeness (QED) is 0.335. The number of carbonyl (C=O) groups is 1. The molecule has 166 valence electrons. The van der Waals surface area contributed by atoms with E-state index in [0.29, 0.717) is 22.9 Å². The van der Waals surface area contributed by atoms with Crippen LogP contribution in [-0.4, -0.2) is 14.4 Å². The Labute approximate surface area is 191 Å². The summed E-state index contributed by atoms with van der Waals surface area (Å²) >= 11 is 0. The Morgan fingerprint density at radius 3 is 1.85 bits per heavy atom. The monoisotopic (exact) mass is 460 g/mol. The molecule has 4 aromatic rings. The molecule has 0 spiro atoms. The Hall–Kier alpha value is -4.30. The summed E-state index contributed by atoms with van der Waals surface area (Å²) in [6, 6.07) is 29.7. The molecule has 0 saturated heterocycles. The third-order valence-corrected chi connectivity index (χ3v) is 5.68. The van der Waals surface area contributed by atoms with Crippen LogP contribution >= 0.6 is 0 Å². The van der Waals surface area contributed by atoms with Crippen molar-refractivity contribution in [3.8, 4) is 17.2 Å². The van der Waals surface area contributed by atoms with Gasteiger partial charge in [-0.2, -0.15) is 8.42 Å². The fourth-order valence-electron chi connectivity index (χ4n) is 2.91. The van der Waals surface area contributed by atoms with E-state index in [9.17, 15) is 13.2 Å². The Balaban J connectivity index is 1.41. The molecule has 2 amide bonds. The van der Waals surface area contributed by atoms with Crippen LogP contribution in [0.3, 0.4) is 0 Å². The summed E-state index contributed by atoms with van der Waals surface area (Å²) in [5.74, 6) is 1.21. The second-order valence-corrected chi connectivity index (χ2v) is 8.44. The first-order chi connectivity index (χ1) is 16.0. The molecule has 0 heterocycles. The summed E-state index contributed by atoms with van der Waals surface area (Å²) in [7, 11) is -4.08. The molecule has 0 aromatic heterocycles. The molecule has 0 aliphatic carbocycles. The van der Waals surface area contributed by atoms with E-state index < -0.39 is 16.1 Å². The van der Waals surface area contributed by atoms with E-state index in [1.807, 2.05) is 24.3 Å². The number of carbonyl (C=O) groups excluding carboxylic acids is 1. The van der Waals surface area contributed by atoms with Crippen LogP contribution in [0.15, 0.2) is 114 Å². The third kappa shape index (κ3) is 6.11. The van der Waals surface area contributed by atoms with Crippen LogP contribution < -0.4 is 19.6 Å². The molecule has 4 rings (SSSR count). The van der Waals surface area contributed by atoms with Gasteiger partial charge in [0.1, 0.15) is 22.1 Å². The molecule has 0 atom stereocenters. The molecule has 33 heavy (non-hydrogen) atoms. The highest BCUT2D eigenvalue weighted by molar-refractivity contribution is 7.87. The van der Waals surface area contributed by atoms with Gasteiger partial charge in [-0.1, -0.05) is 42.5 Å². The van der Waals surface area contributed by atoms with E-state index in [4.69, 9.17) is 8.92 Å². The lowest BCUT2D eigenvalue weighted by Gasteiger charge is -2.11. The molecule has 0 fully saturated rings. The number of hydrogen-bond acceptors (Lipinski definition) is 5. The smallest absolute Gasteiger partial charge is 0.339 e. The lowest BCUT2D eigenvalue weighted by molar-refractivity contribution is 0.262. The second-order valence-electron chi connectivity index (χ2n) is 6.90. The predicted octanol–water partition coefficient (Wildman–Crippen LogP) is 5.89. The topological polar surface area (TPSA) is 93.7 Å². The summed E-state index contributed by atoms with van der Waals surface area (Å²) in [6.07, 6.45) is 0. The largest absolute Gasteiger partial charge is 0.457 e. The van der Waals surface area contributed by atoms with Gasteiger partial charge in [0, 0.05) is 17.4 Å². The highest BCUT2D eigenvalue weighted by Gasteiger charge is 2.17. The van der Waals surface area contributed by atoms with Crippen molar-refractivity contribution in [3.63, 3.8) is 0 Å². The average molecular weight is 461 g/mol. The van der Waals surface area contributed by atoms with Crippen LogP contribution in [0, 0.1) is 0 Å². The van der Waals surface area contributed by atoms with Gasteiger partial charge in [0.05, 0.1) is 0 Å². The zero-order valence-corrected chi connectivity index (χ0v) is 18.2. The van der Waals surface area contributed by atoms with Crippen molar-refractivity contribution in [2.45, 2.75) is 4.90 Å². The van der Waals surface area contributed by atoms with Crippen molar-refractivity contribution in [3.05, 3.63) is 109 Å². The van der Waals surface area contributed by atoms with E-state index in [1.54, 1.807) is 60.7 Å². The number of ether oxygens (including phenoxy) is 1. The number of anilines is 2. The standard InChI is InChI=1S/C25H20N2O5S/c28-25(26-19-8-3-1-4-9-19)27-20-10-7-13-23(18-20)32-33(29,30)24-16-14-22(15-17-24)31-21-11-5-2-6-12-21/h1-18H,(H2,26,27,28). The predicted molar refractivity (Wildman–Crippen MR) is 126 cm³/mol. The fourth-order valence-corrected chi connectivity index (χ4v) is 3.84. The van der Waals surface area contributed by atoms with E-state index >= 15 is 0 Å². The van der Waals surface area contributed by atoms with Crippen LogP contribution in [0.5, 0.6) is 17.2 Å². The van der Waals surface area contributed by atoms with Gasteiger partial charge in [-0.25, -0.2) is 4.79 Å². The molecule has 0 aliphatic rings. The minimum atomic E-state index is -4.08. The summed E-state index contributed by atoms with van der Waals surface area (Å²) in [5, 5.41) is 5.33. The SMILES string of the molecule is O=C(Nc1ccccc1)Nc1cccc(OS(=O)(=O)c2ccc(Oc3ccccc3)cc2)c1. The van der Waals surface area contributed by atoms with E-state index in [0.717, 1.165) is 0 Å². The van der Waals surface area contributed by atoms with E-state index in [1.165, 1.54) is 24.3 Å². The molecular formula is C25H20N2O5S. The first-order valence-electron chi connectivity index (χ1n) is 9.98. The molecule has 0 aliphatic heterocycles. The fraction of sp³-hybridized carbons (Fsp3) is 0.